The van der Waals surface area contributed by atoms with Crippen LogP contribution in [0.25, 0.3) is 5.69 Å². The SMILES string of the molecule is CCc1ccc(-n2c(C)nnc2SCC(=O)Nc2c(C)cccc2CC)cc1. The Morgan fingerprint density at radius 1 is 1.04 bits per heavy atom. The number of anilines is 1. The molecule has 0 unspecified atom stereocenters. The number of rotatable bonds is 7. The molecule has 0 bridgehead atoms. The zero-order valence-corrected chi connectivity index (χ0v) is 17.6. The normalized spacial score (nSPS) is 10.9. The number of aromatic nitrogens is 3. The van der Waals surface area contributed by atoms with Crippen molar-refractivity contribution < 1.29 is 4.79 Å². The van der Waals surface area contributed by atoms with Crippen molar-refractivity contribution in [1.29, 1.82) is 0 Å². The number of hydrogen-bond donors (Lipinski definition) is 1. The first-order chi connectivity index (χ1) is 13.5. The molecule has 2 aromatic carbocycles. The van der Waals surface area contributed by atoms with E-state index in [1.165, 1.54) is 17.3 Å². The predicted molar refractivity (Wildman–Crippen MR) is 115 cm³/mol. The summed E-state index contributed by atoms with van der Waals surface area (Å²) in [5, 5.41) is 12.2. The van der Waals surface area contributed by atoms with Crippen molar-refractivity contribution >= 4 is 23.4 Å². The fraction of sp³-hybridized carbons (Fsp3) is 0.318. The Morgan fingerprint density at radius 2 is 1.79 bits per heavy atom. The van der Waals surface area contributed by atoms with Gasteiger partial charge in [0.25, 0.3) is 0 Å². The lowest BCUT2D eigenvalue weighted by atomic mass is 10.1. The summed E-state index contributed by atoms with van der Waals surface area (Å²) < 4.78 is 1.99. The first kappa shape index (κ1) is 20.1. The molecule has 0 saturated carbocycles. The molecular formula is C22H26N4OS. The lowest BCUT2D eigenvalue weighted by Gasteiger charge is -2.13. The number of benzene rings is 2. The molecule has 1 aromatic heterocycles. The second-order valence-electron chi connectivity index (χ2n) is 6.68. The summed E-state index contributed by atoms with van der Waals surface area (Å²) in [5.41, 5.74) is 5.44. The van der Waals surface area contributed by atoms with Crippen LogP contribution >= 0.6 is 11.8 Å². The van der Waals surface area contributed by atoms with Gasteiger partial charge in [0, 0.05) is 11.4 Å². The Hall–Kier alpha value is -2.60. The van der Waals surface area contributed by atoms with Crippen molar-refractivity contribution in [2.75, 3.05) is 11.1 Å². The number of carbonyl (C=O) groups excluding carboxylic acids is 1. The van der Waals surface area contributed by atoms with E-state index in [2.05, 4.69) is 59.7 Å². The molecular weight excluding hydrogens is 368 g/mol. The van der Waals surface area contributed by atoms with Gasteiger partial charge in [0.15, 0.2) is 5.16 Å². The number of amides is 1. The van der Waals surface area contributed by atoms with E-state index in [1.807, 2.05) is 30.5 Å². The summed E-state index contributed by atoms with van der Waals surface area (Å²) in [6.07, 6.45) is 1.88. The fourth-order valence-corrected chi connectivity index (χ4v) is 3.92. The maximum Gasteiger partial charge on any atom is 0.234 e. The average molecular weight is 395 g/mol. The highest BCUT2D eigenvalue weighted by atomic mass is 32.2. The molecule has 1 heterocycles. The van der Waals surface area contributed by atoms with E-state index in [4.69, 9.17) is 0 Å². The summed E-state index contributed by atoms with van der Waals surface area (Å²) >= 11 is 1.40. The minimum absolute atomic E-state index is 0.0393. The number of nitrogens with one attached hydrogen (secondary N) is 1. The van der Waals surface area contributed by atoms with Crippen LogP contribution < -0.4 is 5.32 Å². The fourth-order valence-electron chi connectivity index (χ4n) is 3.12. The second kappa shape index (κ2) is 9.06. The van der Waals surface area contributed by atoms with Gasteiger partial charge in [-0.25, -0.2) is 0 Å². The molecule has 0 radical (unpaired) electrons. The summed E-state index contributed by atoms with van der Waals surface area (Å²) in [4.78, 5) is 12.6. The molecule has 0 aliphatic heterocycles. The van der Waals surface area contributed by atoms with Crippen LogP contribution in [0.5, 0.6) is 0 Å². The van der Waals surface area contributed by atoms with Crippen molar-refractivity contribution in [2.45, 2.75) is 45.7 Å². The molecule has 28 heavy (non-hydrogen) atoms. The Labute approximate surface area is 170 Å². The standard InChI is InChI=1S/C22H26N4OS/c1-5-17-10-12-19(13-11-17)26-16(4)24-25-22(26)28-14-20(27)23-21-15(3)8-7-9-18(21)6-2/h7-13H,5-6,14H2,1-4H3,(H,23,27). The number of para-hydroxylation sites is 1. The smallest absolute Gasteiger partial charge is 0.234 e. The van der Waals surface area contributed by atoms with E-state index in [0.717, 1.165) is 46.3 Å². The van der Waals surface area contributed by atoms with Gasteiger partial charge in [-0.2, -0.15) is 0 Å². The predicted octanol–water partition coefficient (Wildman–Crippen LogP) is 4.74. The van der Waals surface area contributed by atoms with Crippen molar-refractivity contribution in [3.05, 3.63) is 65.0 Å². The monoisotopic (exact) mass is 394 g/mol. The van der Waals surface area contributed by atoms with Gasteiger partial charge in [0.05, 0.1) is 5.75 Å². The first-order valence-electron chi connectivity index (χ1n) is 9.56. The topological polar surface area (TPSA) is 59.8 Å². The number of thioether (sulfide) groups is 1. The molecule has 3 rings (SSSR count). The Balaban J connectivity index is 1.72. The summed E-state index contributed by atoms with van der Waals surface area (Å²) in [6, 6.07) is 14.5. The van der Waals surface area contributed by atoms with Gasteiger partial charge in [-0.05, 0) is 55.5 Å². The molecule has 0 spiro atoms. The van der Waals surface area contributed by atoms with Gasteiger partial charge in [-0.3, -0.25) is 9.36 Å². The van der Waals surface area contributed by atoms with E-state index in [1.54, 1.807) is 0 Å². The van der Waals surface area contributed by atoms with E-state index in [9.17, 15) is 4.79 Å². The average Bonchev–Trinajstić information content (AvgIpc) is 3.08. The second-order valence-corrected chi connectivity index (χ2v) is 7.63. The maximum atomic E-state index is 12.6. The van der Waals surface area contributed by atoms with Gasteiger partial charge in [0.1, 0.15) is 5.82 Å². The molecule has 1 N–H and O–H groups in total. The minimum atomic E-state index is -0.0393. The van der Waals surface area contributed by atoms with Crippen LogP contribution in [0, 0.1) is 13.8 Å². The molecule has 0 fully saturated rings. The van der Waals surface area contributed by atoms with E-state index in [-0.39, 0.29) is 11.7 Å². The summed E-state index contributed by atoms with van der Waals surface area (Å²) in [6.45, 7) is 8.17. The Bertz CT molecular complexity index is 963. The quantitative estimate of drug-likeness (QED) is 0.588. The van der Waals surface area contributed by atoms with Crippen LogP contribution in [0.4, 0.5) is 5.69 Å². The highest BCUT2D eigenvalue weighted by molar-refractivity contribution is 7.99. The third-order valence-corrected chi connectivity index (χ3v) is 5.66. The summed E-state index contributed by atoms with van der Waals surface area (Å²) in [7, 11) is 0. The van der Waals surface area contributed by atoms with Crippen molar-refractivity contribution in [2.24, 2.45) is 0 Å². The first-order valence-corrected chi connectivity index (χ1v) is 10.5. The number of aryl methyl sites for hydroxylation is 4. The van der Waals surface area contributed by atoms with Crippen molar-refractivity contribution in [3.63, 3.8) is 0 Å². The zero-order chi connectivity index (χ0) is 20.1. The number of hydrogen-bond acceptors (Lipinski definition) is 4. The van der Waals surface area contributed by atoms with Crippen LogP contribution in [0.2, 0.25) is 0 Å². The zero-order valence-electron chi connectivity index (χ0n) is 16.8. The molecule has 3 aromatic rings. The van der Waals surface area contributed by atoms with Gasteiger partial charge in [0.2, 0.25) is 5.91 Å². The maximum absolute atomic E-state index is 12.6. The largest absolute Gasteiger partial charge is 0.325 e. The van der Waals surface area contributed by atoms with Crippen LogP contribution in [0.3, 0.4) is 0 Å². The van der Waals surface area contributed by atoms with Gasteiger partial charge in [-0.15, -0.1) is 10.2 Å². The molecule has 1 amide bonds. The molecule has 0 saturated heterocycles. The van der Waals surface area contributed by atoms with Crippen LogP contribution in [-0.2, 0) is 17.6 Å². The van der Waals surface area contributed by atoms with Crippen molar-refractivity contribution in [3.8, 4) is 5.69 Å². The molecule has 0 aliphatic rings. The lowest BCUT2D eigenvalue weighted by Crippen LogP contribution is -2.16. The van der Waals surface area contributed by atoms with Crippen LogP contribution in [0.15, 0.2) is 47.6 Å². The van der Waals surface area contributed by atoms with Gasteiger partial charge < -0.3 is 5.32 Å². The summed E-state index contributed by atoms with van der Waals surface area (Å²) in [5.74, 6) is 1.05. The lowest BCUT2D eigenvalue weighted by molar-refractivity contribution is -0.113. The minimum Gasteiger partial charge on any atom is -0.325 e. The van der Waals surface area contributed by atoms with Crippen molar-refractivity contribution in [1.82, 2.24) is 14.8 Å². The third-order valence-electron chi connectivity index (χ3n) is 4.73. The molecule has 146 valence electrons. The van der Waals surface area contributed by atoms with Gasteiger partial charge >= 0.3 is 0 Å². The van der Waals surface area contributed by atoms with E-state index in [0.29, 0.717) is 0 Å². The Morgan fingerprint density at radius 3 is 2.46 bits per heavy atom. The highest BCUT2D eigenvalue weighted by Gasteiger charge is 2.14. The molecule has 0 atom stereocenters. The molecule has 0 aliphatic carbocycles. The highest BCUT2D eigenvalue weighted by Crippen LogP contribution is 2.24. The number of carbonyl (C=O) groups is 1. The molecule has 5 nitrogen and oxygen atoms in total. The number of nitrogens with zero attached hydrogens (tertiary/aromatic N) is 3. The Kier molecular flexibility index (Phi) is 6.52. The van der Waals surface area contributed by atoms with E-state index >= 15 is 0 Å². The van der Waals surface area contributed by atoms with Crippen LogP contribution in [-0.4, -0.2) is 26.4 Å². The molecule has 6 heteroatoms. The van der Waals surface area contributed by atoms with Crippen LogP contribution in [0.1, 0.15) is 36.4 Å². The van der Waals surface area contributed by atoms with Gasteiger partial charge in [-0.1, -0.05) is 55.9 Å². The third kappa shape index (κ3) is 4.44. The van der Waals surface area contributed by atoms with E-state index < -0.39 is 0 Å².